The van der Waals surface area contributed by atoms with Crippen LogP contribution in [0.15, 0.2) is 17.8 Å². The number of hydrazone groups is 1. The lowest BCUT2D eigenvalue weighted by atomic mass is 9.83. The number of hydrogen-bond acceptors (Lipinski definition) is 2. The molecule has 0 spiro atoms. The van der Waals surface area contributed by atoms with Crippen LogP contribution < -0.4 is 0 Å². The normalized spacial score (nSPS) is 29.8. The maximum Gasteiger partial charge on any atom is 0.0388 e. The number of hydrogen-bond donors (Lipinski definition) is 0. The summed E-state index contributed by atoms with van der Waals surface area (Å²) in [6.07, 6.45) is 24.1. The number of nitrogens with zero attached hydrogens (tertiary/aromatic N) is 2. The molecule has 0 amide bonds. The van der Waals surface area contributed by atoms with E-state index in [9.17, 15) is 0 Å². The summed E-state index contributed by atoms with van der Waals surface area (Å²) in [7, 11) is 0. The van der Waals surface area contributed by atoms with Crippen molar-refractivity contribution >= 4 is 6.21 Å². The van der Waals surface area contributed by atoms with Crippen LogP contribution in [-0.2, 0) is 0 Å². The van der Waals surface area contributed by atoms with E-state index >= 15 is 0 Å². The van der Waals surface area contributed by atoms with Gasteiger partial charge in [-0.05, 0) is 75.0 Å². The SMILES string of the molecule is C=CC1CCC(C=NN(CC2CCCCC2)CC2CCCCC2)CC1. The minimum absolute atomic E-state index is 0.705. The summed E-state index contributed by atoms with van der Waals surface area (Å²) >= 11 is 0. The fourth-order valence-electron chi connectivity index (χ4n) is 5.22. The van der Waals surface area contributed by atoms with E-state index in [0.29, 0.717) is 5.92 Å². The van der Waals surface area contributed by atoms with Gasteiger partial charge in [0.2, 0.25) is 0 Å². The van der Waals surface area contributed by atoms with Crippen molar-refractivity contribution in [2.75, 3.05) is 13.1 Å². The predicted octanol–water partition coefficient (Wildman–Crippen LogP) is 6.43. The highest BCUT2D eigenvalue weighted by molar-refractivity contribution is 5.60. The minimum Gasteiger partial charge on any atom is -0.297 e. The molecule has 0 saturated heterocycles. The summed E-state index contributed by atoms with van der Waals surface area (Å²) in [4.78, 5) is 0. The Hall–Kier alpha value is -0.790. The molecule has 25 heavy (non-hydrogen) atoms. The van der Waals surface area contributed by atoms with Gasteiger partial charge in [-0.3, -0.25) is 5.01 Å². The molecule has 3 fully saturated rings. The highest BCUT2D eigenvalue weighted by Crippen LogP contribution is 2.30. The minimum atomic E-state index is 0.705. The first-order valence-corrected chi connectivity index (χ1v) is 11.2. The van der Waals surface area contributed by atoms with Gasteiger partial charge in [0.1, 0.15) is 0 Å². The fourth-order valence-corrected chi connectivity index (χ4v) is 5.22. The molecule has 0 aliphatic heterocycles. The zero-order valence-electron chi connectivity index (χ0n) is 16.4. The molecule has 0 aromatic rings. The average Bonchev–Trinajstić information content (AvgIpc) is 2.68. The van der Waals surface area contributed by atoms with E-state index in [-0.39, 0.29) is 0 Å². The number of rotatable bonds is 7. The molecular formula is C23H40N2. The van der Waals surface area contributed by atoms with Crippen LogP contribution in [0.1, 0.15) is 89.9 Å². The third-order valence-corrected chi connectivity index (χ3v) is 6.98. The molecule has 0 heterocycles. The van der Waals surface area contributed by atoms with Gasteiger partial charge < -0.3 is 0 Å². The molecular weight excluding hydrogens is 304 g/mol. The topological polar surface area (TPSA) is 15.6 Å². The second kappa shape index (κ2) is 10.4. The van der Waals surface area contributed by atoms with Gasteiger partial charge >= 0.3 is 0 Å². The van der Waals surface area contributed by atoms with Crippen molar-refractivity contribution in [1.82, 2.24) is 5.01 Å². The molecule has 0 aromatic carbocycles. The molecule has 3 aliphatic carbocycles. The summed E-state index contributed by atoms with van der Waals surface area (Å²) in [6, 6.07) is 0. The molecule has 0 radical (unpaired) electrons. The Bertz CT molecular complexity index is 376. The van der Waals surface area contributed by atoms with Crippen molar-refractivity contribution in [3.63, 3.8) is 0 Å². The molecule has 0 bridgehead atoms. The first-order valence-electron chi connectivity index (χ1n) is 11.2. The first-order chi connectivity index (χ1) is 12.3. The van der Waals surface area contributed by atoms with Crippen LogP contribution in [0.4, 0.5) is 0 Å². The Morgan fingerprint density at radius 3 is 1.64 bits per heavy atom. The standard InChI is InChI=1S/C23H40N2/c1-2-20-13-15-21(16-14-20)17-24-25(18-22-9-5-3-6-10-22)19-23-11-7-4-8-12-23/h2,17,20-23H,1,3-16,18-19H2. The first kappa shape index (κ1) is 19.0. The van der Waals surface area contributed by atoms with E-state index in [2.05, 4.69) is 23.9 Å². The molecule has 0 atom stereocenters. The summed E-state index contributed by atoms with van der Waals surface area (Å²) in [6.45, 7) is 6.41. The molecule has 0 unspecified atom stereocenters. The van der Waals surface area contributed by atoms with Crippen LogP contribution in [0, 0.1) is 23.7 Å². The maximum absolute atomic E-state index is 5.07. The fraction of sp³-hybridized carbons (Fsp3) is 0.870. The highest BCUT2D eigenvalue weighted by atomic mass is 15.4. The van der Waals surface area contributed by atoms with Crippen molar-refractivity contribution in [2.45, 2.75) is 89.9 Å². The zero-order valence-corrected chi connectivity index (χ0v) is 16.4. The van der Waals surface area contributed by atoms with Gasteiger partial charge in [-0.1, -0.05) is 44.6 Å². The second-order valence-electron chi connectivity index (χ2n) is 9.05. The van der Waals surface area contributed by atoms with Crippen molar-refractivity contribution < 1.29 is 0 Å². The summed E-state index contributed by atoms with van der Waals surface area (Å²) in [5.74, 6) is 3.25. The van der Waals surface area contributed by atoms with Gasteiger partial charge in [0.05, 0.1) is 0 Å². The largest absolute Gasteiger partial charge is 0.297 e. The predicted molar refractivity (Wildman–Crippen MR) is 109 cm³/mol. The van der Waals surface area contributed by atoms with Crippen molar-refractivity contribution in [3.05, 3.63) is 12.7 Å². The van der Waals surface area contributed by atoms with E-state index in [1.165, 1.54) is 103 Å². The molecule has 3 rings (SSSR count). The highest BCUT2D eigenvalue weighted by Gasteiger charge is 2.22. The zero-order chi connectivity index (χ0) is 17.3. The Morgan fingerprint density at radius 2 is 1.16 bits per heavy atom. The Kier molecular flexibility index (Phi) is 7.88. The van der Waals surface area contributed by atoms with Crippen molar-refractivity contribution in [3.8, 4) is 0 Å². The van der Waals surface area contributed by atoms with Crippen molar-refractivity contribution in [2.24, 2.45) is 28.8 Å². The monoisotopic (exact) mass is 344 g/mol. The van der Waals surface area contributed by atoms with Crippen LogP contribution in [0.25, 0.3) is 0 Å². The summed E-state index contributed by atoms with van der Waals surface area (Å²) in [5.41, 5.74) is 0. The van der Waals surface area contributed by atoms with Crippen LogP contribution >= 0.6 is 0 Å². The van der Waals surface area contributed by atoms with Gasteiger partial charge in [-0.2, -0.15) is 5.10 Å². The molecule has 0 N–H and O–H groups in total. The average molecular weight is 345 g/mol. The lowest BCUT2D eigenvalue weighted by Crippen LogP contribution is -2.32. The third-order valence-electron chi connectivity index (χ3n) is 6.98. The van der Waals surface area contributed by atoms with Gasteiger partial charge in [-0.15, -0.1) is 6.58 Å². The molecule has 3 aliphatic rings. The lowest BCUT2D eigenvalue weighted by Gasteiger charge is -2.32. The summed E-state index contributed by atoms with van der Waals surface area (Å²) in [5, 5.41) is 7.56. The Labute approximate surface area is 156 Å². The third kappa shape index (κ3) is 6.46. The van der Waals surface area contributed by atoms with Gasteiger partial charge in [-0.25, -0.2) is 0 Å². The summed E-state index contributed by atoms with van der Waals surface area (Å²) < 4.78 is 0. The smallest absolute Gasteiger partial charge is 0.0388 e. The van der Waals surface area contributed by atoms with E-state index in [1.807, 2.05) is 0 Å². The van der Waals surface area contributed by atoms with E-state index in [1.54, 1.807) is 0 Å². The number of allylic oxidation sites excluding steroid dienone is 1. The van der Waals surface area contributed by atoms with Crippen LogP contribution in [-0.4, -0.2) is 24.3 Å². The Balaban J connectivity index is 1.52. The quantitative estimate of drug-likeness (QED) is 0.295. The van der Waals surface area contributed by atoms with Crippen LogP contribution in [0.2, 0.25) is 0 Å². The second-order valence-corrected chi connectivity index (χ2v) is 9.05. The maximum atomic E-state index is 5.07. The van der Waals surface area contributed by atoms with E-state index < -0.39 is 0 Å². The van der Waals surface area contributed by atoms with Gasteiger partial charge in [0.25, 0.3) is 0 Å². The van der Waals surface area contributed by atoms with Crippen LogP contribution in [0.5, 0.6) is 0 Å². The molecule has 142 valence electrons. The van der Waals surface area contributed by atoms with E-state index in [0.717, 1.165) is 17.8 Å². The van der Waals surface area contributed by atoms with Crippen molar-refractivity contribution in [1.29, 1.82) is 0 Å². The van der Waals surface area contributed by atoms with E-state index in [4.69, 9.17) is 5.10 Å². The molecule has 2 nitrogen and oxygen atoms in total. The van der Waals surface area contributed by atoms with Crippen LogP contribution in [0.3, 0.4) is 0 Å². The molecule has 2 heteroatoms. The van der Waals surface area contributed by atoms with Gasteiger partial charge in [0, 0.05) is 19.3 Å². The lowest BCUT2D eigenvalue weighted by molar-refractivity contribution is 0.164. The molecule has 0 aromatic heterocycles. The Morgan fingerprint density at radius 1 is 0.680 bits per heavy atom. The molecule has 3 saturated carbocycles. The van der Waals surface area contributed by atoms with Gasteiger partial charge in [0.15, 0.2) is 0 Å².